The minimum Gasteiger partial charge on any atom is -0.478 e. The van der Waals surface area contributed by atoms with Crippen molar-refractivity contribution < 1.29 is 29.3 Å². The number of amides is 1. The summed E-state index contributed by atoms with van der Waals surface area (Å²) in [5.74, 6) is -2.31. The van der Waals surface area contributed by atoms with Gasteiger partial charge in [0.1, 0.15) is 5.70 Å². The average molecular weight is 388 g/mol. The third-order valence-electron chi connectivity index (χ3n) is 4.07. The van der Waals surface area contributed by atoms with Gasteiger partial charge in [0.05, 0.1) is 37.1 Å². The largest absolute Gasteiger partial charge is 0.478 e. The molecule has 1 aliphatic heterocycles. The van der Waals surface area contributed by atoms with Gasteiger partial charge in [-0.05, 0) is 17.3 Å². The van der Waals surface area contributed by atoms with Crippen molar-refractivity contribution in [2.24, 2.45) is 0 Å². The number of carbonyl (C=O) groups excluding carboxylic acids is 2. The molecule has 2 aromatic rings. The predicted octanol–water partition coefficient (Wildman–Crippen LogP) is -0.762. The standard InChI is InChI=1S/C16H16N6O6/c1-28-16(27)10-7-22(4-5-23)14(24)12(10)17-11-6-8(13-18-20-21-19-13)2-3-9(11)15(25)26/h2-3,6,17,23H,4-5,7H2,1H3,(H,25,26)(H,18,19,20,21). The molecule has 12 nitrogen and oxygen atoms in total. The van der Waals surface area contributed by atoms with Gasteiger partial charge in [-0.1, -0.05) is 6.07 Å². The molecule has 1 amide bonds. The number of benzene rings is 1. The molecular formula is C16H16N6O6. The summed E-state index contributed by atoms with van der Waals surface area (Å²) in [5, 5.41) is 34.7. The number of aliphatic hydroxyl groups is 1. The third kappa shape index (κ3) is 3.53. The molecule has 0 saturated heterocycles. The maximum Gasteiger partial charge on any atom is 0.337 e. The van der Waals surface area contributed by atoms with E-state index in [2.05, 4.69) is 25.9 Å². The second-order valence-electron chi connectivity index (χ2n) is 5.72. The van der Waals surface area contributed by atoms with Gasteiger partial charge in [0.15, 0.2) is 0 Å². The molecule has 0 unspecified atom stereocenters. The summed E-state index contributed by atoms with van der Waals surface area (Å²) in [4.78, 5) is 37.5. The van der Waals surface area contributed by atoms with Crippen molar-refractivity contribution in [2.75, 3.05) is 32.1 Å². The van der Waals surface area contributed by atoms with Crippen LogP contribution in [0.1, 0.15) is 10.4 Å². The lowest BCUT2D eigenvalue weighted by Crippen LogP contribution is -2.31. The van der Waals surface area contributed by atoms with Gasteiger partial charge in [0.2, 0.25) is 5.82 Å². The van der Waals surface area contributed by atoms with Crippen LogP contribution in [0.4, 0.5) is 5.69 Å². The van der Waals surface area contributed by atoms with Gasteiger partial charge in [-0.2, -0.15) is 5.21 Å². The highest BCUT2D eigenvalue weighted by atomic mass is 16.5. The number of aromatic amines is 1. The summed E-state index contributed by atoms with van der Waals surface area (Å²) >= 11 is 0. The first-order valence-electron chi connectivity index (χ1n) is 8.06. The molecule has 12 heteroatoms. The van der Waals surface area contributed by atoms with Crippen LogP contribution in [0.3, 0.4) is 0 Å². The van der Waals surface area contributed by atoms with Gasteiger partial charge >= 0.3 is 11.9 Å². The van der Waals surface area contributed by atoms with E-state index in [-0.39, 0.29) is 48.0 Å². The van der Waals surface area contributed by atoms with Crippen LogP contribution < -0.4 is 5.32 Å². The Bertz CT molecular complexity index is 955. The smallest absolute Gasteiger partial charge is 0.337 e. The number of hydrogen-bond donors (Lipinski definition) is 4. The molecule has 0 bridgehead atoms. The summed E-state index contributed by atoms with van der Waals surface area (Å²) < 4.78 is 4.71. The number of aromatic carboxylic acids is 1. The molecule has 0 radical (unpaired) electrons. The molecule has 0 saturated carbocycles. The van der Waals surface area contributed by atoms with E-state index in [1.54, 1.807) is 0 Å². The molecule has 4 N–H and O–H groups in total. The Hall–Kier alpha value is -3.80. The Labute approximate surface area is 157 Å². The van der Waals surface area contributed by atoms with E-state index >= 15 is 0 Å². The van der Waals surface area contributed by atoms with Crippen LogP contribution in [-0.4, -0.2) is 80.4 Å². The van der Waals surface area contributed by atoms with Crippen molar-refractivity contribution in [1.82, 2.24) is 25.5 Å². The number of H-pyrrole nitrogens is 1. The number of β-amino-alcohol motifs (C(OH)–C–C–N with tert-alkyl or cyclic N) is 1. The highest BCUT2D eigenvalue weighted by Crippen LogP contribution is 2.28. The van der Waals surface area contributed by atoms with Crippen molar-refractivity contribution in [3.8, 4) is 11.4 Å². The van der Waals surface area contributed by atoms with E-state index in [1.807, 2.05) is 0 Å². The molecule has 0 fully saturated rings. The Morgan fingerprint density at radius 3 is 2.79 bits per heavy atom. The number of carboxylic acids is 1. The zero-order valence-corrected chi connectivity index (χ0v) is 14.7. The van der Waals surface area contributed by atoms with E-state index < -0.39 is 17.8 Å². The van der Waals surface area contributed by atoms with Gasteiger partial charge < -0.3 is 25.2 Å². The summed E-state index contributed by atoms with van der Waals surface area (Å²) in [6, 6.07) is 4.24. The van der Waals surface area contributed by atoms with Gasteiger partial charge in [0, 0.05) is 12.1 Å². The molecule has 0 spiro atoms. The SMILES string of the molecule is COC(=O)C1=C(Nc2cc(-c3nn[nH]n3)ccc2C(=O)O)C(=O)N(CCO)C1. The van der Waals surface area contributed by atoms with Crippen LogP contribution in [-0.2, 0) is 14.3 Å². The number of methoxy groups -OCH3 is 1. The van der Waals surface area contributed by atoms with Gasteiger partial charge in [-0.25, -0.2) is 9.59 Å². The van der Waals surface area contributed by atoms with E-state index in [1.165, 1.54) is 30.2 Å². The lowest BCUT2D eigenvalue weighted by atomic mass is 10.1. The van der Waals surface area contributed by atoms with Gasteiger partial charge in [-0.3, -0.25) is 4.79 Å². The first-order chi connectivity index (χ1) is 13.5. The maximum absolute atomic E-state index is 12.6. The van der Waals surface area contributed by atoms with Crippen LogP contribution in [0, 0.1) is 0 Å². The number of carboxylic acid groups (broad SMARTS) is 1. The van der Waals surface area contributed by atoms with Crippen molar-refractivity contribution in [1.29, 1.82) is 0 Å². The second-order valence-corrected chi connectivity index (χ2v) is 5.72. The molecule has 3 rings (SSSR count). The number of nitrogens with one attached hydrogen (secondary N) is 2. The van der Waals surface area contributed by atoms with Crippen molar-refractivity contribution in [2.45, 2.75) is 0 Å². The zero-order valence-electron chi connectivity index (χ0n) is 14.7. The third-order valence-corrected chi connectivity index (χ3v) is 4.07. The van der Waals surface area contributed by atoms with E-state index in [0.29, 0.717) is 5.56 Å². The lowest BCUT2D eigenvalue weighted by molar-refractivity contribution is -0.136. The second kappa shape index (κ2) is 7.84. The first kappa shape index (κ1) is 19.0. The Kier molecular flexibility index (Phi) is 5.31. The molecule has 0 aliphatic carbocycles. The minimum atomic E-state index is -1.24. The molecular weight excluding hydrogens is 372 g/mol. The van der Waals surface area contributed by atoms with E-state index in [9.17, 15) is 19.5 Å². The highest BCUT2D eigenvalue weighted by Gasteiger charge is 2.35. The van der Waals surface area contributed by atoms with Crippen LogP contribution in [0.2, 0.25) is 0 Å². The molecule has 1 aromatic carbocycles. The molecule has 1 aliphatic rings. The summed E-state index contributed by atoms with van der Waals surface area (Å²) in [5.41, 5.74) is 0.289. The van der Waals surface area contributed by atoms with Crippen molar-refractivity contribution >= 4 is 23.5 Å². The van der Waals surface area contributed by atoms with E-state index in [4.69, 9.17) is 9.84 Å². The normalized spacial score (nSPS) is 13.8. The van der Waals surface area contributed by atoms with Crippen LogP contribution in [0.15, 0.2) is 29.5 Å². The predicted molar refractivity (Wildman–Crippen MR) is 92.9 cm³/mol. The Morgan fingerprint density at radius 1 is 1.39 bits per heavy atom. The summed E-state index contributed by atoms with van der Waals surface area (Å²) in [6.45, 7) is -0.346. The van der Waals surface area contributed by atoms with Crippen molar-refractivity contribution in [3.63, 3.8) is 0 Å². The quantitative estimate of drug-likeness (QED) is 0.442. The Balaban J connectivity index is 2.04. The number of hydrogen-bond acceptors (Lipinski definition) is 9. The molecule has 146 valence electrons. The Morgan fingerprint density at radius 2 is 2.18 bits per heavy atom. The molecule has 28 heavy (non-hydrogen) atoms. The molecule has 2 heterocycles. The monoisotopic (exact) mass is 388 g/mol. The van der Waals surface area contributed by atoms with Crippen molar-refractivity contribution in [3.05, 3.63) is 35.0 Å². The number of anilines is 1. The zero-order chi connectivity index (χ0) is 20.3. The number of carbonyl (C=O) groups is 3. The minimum absolute atomic E-state index is 0.0131. The number of rotatable bonds is 7. The lowest BCUT2D eigenvalue weighted by Gasteiger charge is -2.15. The van der Waals surface area contributed by atoms with Crippen LogP contribution in [0.25, 0.3) is 11.4 Å². The average Bonchev–Trinajstić information content (AvgIpc) is 3.32. The maximum atomic E-state index is 12.6. The number of aromatic nitrogens is 4. The first-order valence-corrected chi connectivity index (χ1v) is 8.06. The number of tetrazole rings is 1. The number of esters is 1. The molecule has 1 aromatic heterocycles. The van der Waals surface area contributed by atoms with Crippen LogP contribution >= 0.6 is 0 Å². The van der Waals surface area contributed by atoms with Gasteiger partial charge in [-0.15, -0.1) is 10.2 Å². The fraction of sp³-hybridized carbons (Fsp3) is 0.250. The topological polar surface area (TPSA) is 171 Å². The molecule has 0 atom stereocenters. The number of nitrogens with zero attached hydrogens (tertiary/aromatic N) is 4. The number of aliphatic hydroxyl groups excluding tert-OH is 1. The van der Waals surface area contributed by atoms with Gasteiger partial charge in [0.25, 0.3) is 5.91 Å². The highest BCUT2D eigenvalue weighted by molar-refractivity contribution is 6.09. The van der Waals surface area contributed by atoms with E-state index in [0.717, 1.165) is 0 Å². The fourth-order valence-corrected chi connectivity index (χ4v) is 2.74. The van der Waals surface area contributed by atoms with Crippen LogP contribution in [0.5, 0.6) is 0 Å². The summed E-state index contributed by atoms with van der Waals surface area (Å²) in [7, 11) is 1.17. The summed E-state index contributed by atoms with van der Waals surface area (Å²) in [6.07, 6.45) is 0. The fourth-order valence-electron chi connectivity index (χ4n) is 2.74. The number of ether oxygens (including phenoxy) is 1.